The summed E-state index contributed by atoms with van der Waals surface area (Å²) >= 11 is 0. The minimum Gasteiger partial charge on any atom is -0.354 e. The molecule has 22 heavy (non-hydrogen) atoms. The predicted octanol–water partition coefficient (Wildman–Crippen LogP) is -0.250. The van der Waals surface area contributed by atoms with E-state index in [1.807, 2.05) is 0 Å². The molecule has 0 radical (unpaired) electrons. The summed E-state index contributed by atoms with van der Waals surface area (Å²) in [7, 11) is 0. The van der Waals surface area contributed by atoms with E-state index < -0.39 is 0 Å². The van der Waals surface area contributed by atoms with Gasteiger partial charge >= 0.3 is 0 Å². The van der Waals surface area contributed by atoms with Crippen molar-refractivity contribution < 1.29 is 9.98 Å². The van der Waals surface area contributed by atoms with Crippen LogP contribution in [0.15, 0.2) is 60.0 Å². The van der Waals surface area contributed by atoms with Gasteiger partial charge in [0.1, 0.15) is 11.4 Å². The Morgan fingerprint density at radius 3 is 1.45 bits per heavy atom. The average molecular weight is 290 g/mol. The lowest BCUT2D eigenvalue weighted by atomic mass is 10.2. The highest BCUT2D eigenvalue weighted by molar-refractivity contribution is 6.06. The van der Waals surface area contributed by atoms with E-state index in [4.69, 9.17) is 0 Å². The van der Waals surface area contributed by atoms with E-state index in [0.29, 0.717) is 0 Å². The first-order valence-corrected chi connectivity index (χ1v) is 7.39. The Morgan fingerprint density at radius 2 is 1.09 bits per heavy atom. The van der Waals surface area contributed by atoms with Crippen LogP contribution in [0, 0.1) is 13.8 Å². The summed E-state index contributed by atoms with van der Waals surface area (Å²) in [5.74, 6) is 0. The number of aromatic amines is 2. The molecule has 0 unspecified atom stereocenters. The highest BCUT2D eigenvalue weighted by Gasteiger charge is 2.25. The van der Waals surface area contributed by atoms with Crippen molar-refractivity contribution in [3.63, 3.8) is 0 Å². The standard InChI is InChI=1S/C18H16N4/c1-11-3-5-13(19-11)15-7-9-17(21-15)18-10-8-16(22-18)14-6-4-12(2)20-14/h3-10,19-20H,1-2H3/p+2/b18-17+. The van der Waals surface area contributed by atoms with Crippen molar-refractivity contribution in [2.75, 3.05) is 0 Å². The molecule has 2 aliphatic rings. The fourth-order valence-corrected chi connectivity index (χ4v) is 2.74. The Labute approximate surface area is 128 Å². The molecule has 0 aromatic carbocycles. The smallest absolute Gasteiger partial charge is 0.276 e. The molecule has 0 fully saturated rings. The normalized spacial score (nSPS) is 19.9. The highest BCUT2D eigenvalue weighted by Crippen LogP contribution is 2.07. The van der Waals surface area contributed by atoms with Crippen molar-refractivity contribution in [2.24, 2.45) is 0 Å². The van der Waals surface area contributed by atoms with Crippen LogP contribution in [0.5, 0.6) is 0 Å². The summed E-state index contributed by atoms with van der Waals surface area (Å²) in [6.07, 6.45) is 8.39. The van der Waals surface area contributed by atoms with E-state index in [0.717, 1.165) is 45.6 Å². The van der Waals surface area contributed by atoms with Crippen LogP contribution < -0.4 is 9.98 Å². The Balaban J connectivity index is 1.67. The van der Waals surface area contributed by atoms with Gasteiger partial charge in [0, 0.05) is 35.7 Å². The molecule has 4 heteroatoms. The molecule has 0 saturated heterocycles. The quantitative estimate of drug-likeness (QED) is 0.590. The first kappa shape index (κ1) is 12.8. The third kappa shape index (κ3) is 2.19. The van der Waals surface area contributed by atoms with E-state index in [-0.39, 0.29) is 0 Å². The van der Waals surface area contributed by atoms with Gasteiger partial charge in [-0.05, 0) is 38.1 Å². The van der Waals surface area contributed by atoms with Gasteiger partial charge in [-0.2, -0.15) is 9.98 Å². The number of hydrogen-bond acceptors (Lipinski definition) is 0. The fraction of sp³-hybridized carbons (Fsp3) is 0.111. The van der Waals surface area contributed by atoms with Crippen LogP contribution in [0.2, 0.25) is 0 Å². The number of allylic oxidation sites excluding steroid dienone is 4. The van der Waals surface area contributed by atoms with Crippen molar-refractivity contribution in [3.8, 4) is 0 Å². The number of aryl methyl sites for hydroxylation is 2. The summed E-state index contributed by atoms with van der Waals surface area (Å²) in [6.45, 7) is 4.12. The molecular formula is C18H18N4+2. The van der Waals surface area contributed by atoms with E-state index in [2.05, 4.69) is 82.4 Å². The van der Waals surface area contributed by atoms with Gasteiger partial charge in [0.25, 0.3) is 11.4 Å². The lowest BCUT2D eigenvalue weighted by Gasteiger charge is -1.87. The molecule has 0 spiro atoms. The molecule has 4 heterocycles. The number of hydrogen-bond donors (Lipinski definition) is 4. The van der Waals surface area contributed by atoms with Crippen LogP contribution in [0.4, 0.5) is 0 Å². The number of aromatic nitrogens is 2. The van der Waals surface area contributed by atoms with Gasteiger partial charge in [-0.15, -0.1) is 0 Å². The van der Waals surface area contributed by atoms with Gasteiger partial charge in [0.15, 0.2) is 0 Å². The monoisotopic (exact) mass is 290 g/mol. The maximum atomic E-state index is 3.46. The first-order chi connectivity index (χ1) is 10.7. The molecule has 4 N–H and O–H groups in total. The van der Waals surface area contributed by atoms with Crippen molar-refractivity contribution in [1.82, 2.24) is 9.97 Å². The van der Waals surface area contributed by atoms with Crippen LogP contribution in [0.25, 0.3) is 0 Å². The predicted molar refractivity (Wildman–Crippen MR) is 86.5 cm³/mol. The topological polar surface area (TPSA) is 59.5 Å². The van der Waals surface area contributed by atoms with Crippen molar-refractivity contribution in [1.29, 1.82) is 0 Å². The second kappa shape index (κ2) is 4.84. The van der Waals surface area contributed by atoms with E-state index in [9.17, 15) is 0 Å². The van der Waals surface area contributed by atoms with Crippen LogP contribution in [-0.4, -0.2) is 21.4 Å². The van der Waals surface area contributed by atoms with Crippen LogP contribution in [-0.2, 0) is 0 Å². The third-order valence-corrected chi connectivity index (χ3v) is 3.91. The Kier molecular flexibility index (Phi) is 2.82. The Hall–Kier alpha value is -2.88. The van der Waals surface area contributed by atoms with Crippen molar-refractivity contribution in [3.05, 3.63) is 82.7 Å². The molecule has 108 valence electrons. The van der Waals surface area contributed by atoms with Crippen LogP contribution >= 0.6 is 0 Å². The van der Waals surface area contributed by atoms with Crippen LogP contribution in [0.3, 0.4) is 0 Å². The molecule has 0 bridgehead atoms. The number of H-pyrrole nitrogens is 2. The van der Waals surface area contributed by atoms with Gasteiger partial charge in [-0.25, -0.2) is 0 Å². The third-order valence-electron chi connectivity index (χ3n) is 3.91. The lowest BCUT2D eigenvalue weighted by molar-refractivity contribution is -0.434. The molecule has 2 aromatic heterocycles. The summed E-state index contributed by atoms with van der Waals surface area (Å²) in [4.78, 5) is 13.6. The van der Waals surface area contributed by atoms with Gasteiger partial charge in [0.2, 0.25) is 11.4 Å². The molecule has 2 aliphatic heterocycles. The zero-order valence-corrected chi connectivity index (χ0v) is 12.6. The highest BCUT2D eigenvalue weighted by atomic mass is 14.9. The van der Waals surface area contributed by atoms with E-state index in [1.54, 1.807) is 0 Å². The number of rotatable bonds is 2. The number of nitrogens with one attached hydrogen (secondary N) is 4. The zero-order valence-electron chi connectivity index (χ0n) is 12.6. The molecule has 0 atom stereocenters. The summed E-state index contributed by atoms with van der Waals surface area (Å²) in [5, 5.41) is 0. The minimum absolute atomic E-state index is 1.08. The summed E-state index contributed by atoms with van der Waals surface area (Å²) < 4.78 is 0. The van der Waals surface area contributed by atoms with E-state index in [1.165, 1.54) is 0 Å². The van der Waals surface area contributed by atoms with Gasteiger partial charge < -0.3 is 9.97 Å². The minimum atomic E-state index is 1.08. The summed E-state index contributed by atoms with van der Waals surface area (Å²) in [5.41, 5.74) is 8.88. The zero-order chi connectivity index (χ0) is 15.1. The second-order valence-electron chi connectivity index (χ2n) is 5.68. The fourth-order valence-electron chi connectivity index (χ4n) is 2.74. The molecule has 4 nitrogen and oxygen atoms in total. The largest absolute Gasteiger partial charge is 0.354 e. The van der Waals surface area contributed by atoms with Gasteiger partial charge in [0.05, 0.1) is 0 Å². The average Bonchev–Trinajstić information content (AvgIpc) is 3.24. The molecule has 0 amide bonds. The van der Waals surface area contributed by atoms with Crippen molar-refractivity contribution >= 4 is 11.4 Å². The second-order valence-corrected chi connectivity index (χ2v) is 5.68. The Morgan fingerprint density at radius 1 is 0.636 bits per heavy atom. The maximum absolute atomic E-state index is 3.46. The van der Waals surface area contributed by atoms with Crippen LogP contribution in [0.1, 0.15) is 22.8 Å². The Bertz CT molecular complexity index is 823. The molecule has 0 saturated carbocycles. The van der Waals surface area contributed by atoms with Gasteiger partial charge in [-0.1, -0.05) is 0 Å². The molecular weight excluding hydrogens is 272 g/mol. The summed E-state index contributed by atoms with van der Waals surface area (Å²) in [6, 6.07) is 8.34. The maximum Gasteiger partial charge on any atom is 0.276 e. The molecule has 0 aliphatic carbocycles. The van der Waals surface area contributed by atoms with Gasteiger partial charge in [-0.3, -0.25) is 0 Å². The lowest BCUT2D eigenvalue weighted by Crippen LogP contribution is -2.75. The first-order valence-electron chi connectivity index (χ1n) is 7.39. The SMILES string of the molecule is Cc1ccc(C2=[NH+]/C(=C3\C=CC(c4ccc(C)[nH]4)=[NH+]3)C=C2)[nH]1. The molecule has 4 rings (SSSR count). The van der Waals surface area contributed by atoms with Crippen molar-refractivity contribution in [2.45, 2.75) is 13.8 Å². The van der Waals surface area contributed by atoms with E-state index >= 15 is 0 Å². The molecule has 2 aromatic rings.